The van der Waals surface area contributed by atoms with Gasteiger partial charge in [0.2, 0.25) is 51.4 Å². The quantitative estimate of drug-likeness (QED) is 0.0412. The minimum atomic E-state index is -3.93. The van der Waals surface area contributed by atoms with Crippen molar-refractivity contribution in [3.8, 4) is 0 Å². The number of benzene rings is 2. The molecule has 29 nitrogen and oxygen atoms in total. The van der Waals surface area contributed by atoms with Gasteiger partial charge in [-0.1, -0.05) is 111 Å². The van der Waals surface area contributed by atoms with Gasteiger partial charge in [0.15, 0.2) is 5.78 Å². The molecule has 3 aliphatic rings. The molecule has 2 saturated heterocycles. The first-order valence-electron chi connectivity index (χ1n) is 35.6. The number of carboxylic acid groups (broad SMARTS) is 1. The third kappa shape index (κ3) is 24.7. The number of sulfonamides is 1. The molecule has 5 rings (SSSR count). The van der Waals surface area contributed by atoms with Gasteiger partial charge in [-0.15, -0.1) is 0 Å². The van der Waals surface area contributed by atoms with E-state index in [0.29, 0.717) is 68.3 Å². The van der Waals surface area contributed by atoms with Crippen molar-refractivity contribution in [1.82, 2.24) is 45.6 Å². The van der Waals surface area contributed by atoms with E-state index in [1.165, 1.54) is 31.1 Å². The van der Waals surface area contributed by atoms with E-state index in [9.17, 15) is 71.1 Å². The number of primary amides is 1. The predicted octanol–water partition coefficient (Wildman–Crippen LogP) is 4.88. The molecule has 2 aromatic rings. The Morgan fingerprint density at radius 1 is 0.686 bits per heavy atom. The van der Waals surface area contributed by atoms with Crippen molar-refractivity contribution < 1.29 is 85.3 Å². The molecule has 568 valence electrons. The van der Waals surface area contributed by atoms with Gasteiger partial charge in [0.25, 0.3) is 5.91 Å². The number of nitrogens with zero attached hydrogens (tertiary/aromatic N) is 4. The summed E-state index contributed by atoms with van der Waals surface area (Å²) in [6.07, 6.45) is 0.273. The number of urea groups is 1. The molecular formula is C72H111N11O18S. The smallest absolute Gasteiger partial charge is 0.410 e. The molecule has 0 unspecified atom stereocenters. The van der Waals surface area contributed by atoms with Gasteiger partial charge in [0.1, 0.15) is 24.7 Å². The first-order valence-corrected chi connectivity index (χ1v) is 37.2. The average molecular weight is 1450 g/mol. The first kappa shape index (κ1) is 84.4. The Hall–Kier alpha value is -8.25. The van der Waals surface area contributed by atoms with Crippen LogP contribution < -0.4 is 37.0 Å². The third-order valence-corrected chi connectivity index (χ3v) is 21.6. The normalized spacial score (nSPS) is 17.9. The van der Waals surface area contributed by atoms with Gasteiger partial charge >= 0.3 is 18.1 Å². The first-order chi connectivity index (χ1) is 48.1. The van der Waals surface area contributed by atoms with Crippen molar-refractivity contribution in [1.29, 1.82) is 0 Å². The highest BCUT2D eigenvalue weighted by Crippen LogP contribution is 2.32. The van der Waals surface area contributed by atoms with Crippen LogP contribution in [0.4, 0.5) is 15.3 Å². The fraction of sp³-hybridized carbons (Fsp3) is 0.667. The zero-order valence-electron chi connectivity index (χ0n) is 61.5. The van der Waals surface area contributed by atoms with Crippen molar-refractivity contribution in [2.24, 2.45) is 47.2 Å². The van der Waals surface area contributed by atoms with Crippen LogP contribution in [-0.4, -0.2) is 212 Å². The number of likely N-dealkylation sites (N-methyl/N-ethyl adjacent to an activating group) is 2. The fourth-order valence-electron chi connectivity index (χ4n) is 13.4. The molecule has 11 atom stereocenters. The van der Waals surface area contributed by atoms with Gasteiger partial charge in [-0.2, -0.15) is 0 Å². The number of carbonyl (C=O) groups excluding carboxylic acids is 11. The highest BCUT2D eigenvalue weighted by atomic mass is 32.2. The number of nitrogens with two attached hydrogens (primary N) is 1. The largest absolute Gasteiger partial charge is 0.481 e. The summed E-state index contributed by atoms with van der Waals surface area (Å²) in [6, 6.07) is 8.75. The molecule has 1 aliphatic carbocycles. The summed E-state index contributed by atoms with van der Waals surface area (Å²) in [5, 5.41) is 22.4. The number of nitrogens with one attached hydrogen (secondary N) is 6. The minimum Gasteiger partial charge on any atom is -0.481 e. The van der Waals surface area contributed by atoms with E-state index in [4.69, 9.17) is 19.9 Å². The Bertz CT molecular complexity index is 3310. The number of piperidine rings is 1. The lowest BCUT2D eigenvalue weighted by Crippen LogP contribution is -2.60. The summed E-state index contributed by atoms with van der Waals surface area (Å²) in [4.78, 5) is 168. The molecule has 0 bridgehead atoms. The molecule has 2 aliphatic heterocycles. The highest BCUT2D eigenvalue weighted by molar-refractivity contribution is 7.91. The Morgan fingerprint density at radius 2 is 1.32 bits per heavy atom. The lowest BCUT2D eigenvalue weighted by molar-refractivity contribution is -0.148. The second kappa shape index (κ2) is 40.0. The number of methoxy groups -OCH3 is 2. The summed E-state index contributed by atoms with van der Waals surface area (Å²) < 4.78 is 45.6. The molecule has 3 fully saturated rings. The van der Waals surface area contributed by atoms with Crippen LogP contribution in [-0.2, 0) is 85.2 Å². The molecule has 30 heteroatoms. The number of carboxylic acids is 1. The maximum absolute atomic E-state index is 14.9. The fourth-order valence-corrected chi connectivity index (χ4v) is 14.7. The molecular weight excluding hydrogens is 1340 g/mol. The Morgan fingerprint density at radius 3 is 1.88 bits per heavy atom. The summed E-state index contributed by atoms with van der Waals surface area (Å²) >= 11 is 0. The van der Waals surface area contributed by atoms with Crippen molar-refractivity contribution in [3.05, 3.63) is 65.7 Å². The van der Waals surface area contributed by atoms with Gasteiger partial charge in [0, 0.05) is 91.8 Å². The van der Waals surface area contributed by atoms with Crippen LogP contribution in [0.3, 0.4) is 0 Å². The van der Waals surface area contributed by atoms with E-state index in [1.54, 1.807) is 115 Å². The number of ketones is 1. The number of Topliss-reactive ketones (excluding diaryl/α,β-unsaturated/α-hetero) is 1. The topological polar surface area (TPSA) is 398 Å². The zero-order valence-corrected chi connectivity index (χ0v) is 62.3. The van der Waals surface area contributed by atoms with Crippen molar-refractivity contribution in [2.75, 3.05) is 59.8 Å². The second-order valence-corrected chi connectivity index (χ2v) is 30.4. The molecule has 9 N–H and O–H groups in total. The van der Waals surface area contributed by atoms with Crippen molar-refractivity contribution in [2.45, 2.75) is 213 Å². The van der Waals surface area contributed by atoms with Gasteiger partial charge in [-0.3, -0.25) is 57.6 Å². The maximum atomic E-state index is 14.9. The van der Waals surface area contributed by atoms with Gasteiger partial charge in [-0.05, 0) is 98.3 Å². The van der Waals surface area contributed by atoms with Gasteiger partial charge in [0.05, 0.1) is 53.8 Å². The summed E-state index contributed by atoms with van der Waals surface area (Å²) in [6.45, 7) is 16.8. The third-order valence-electron chi connectivity index (χ3n) is 19.7. The number of aliphatic carboxylic acids is 1. The number of amides is 11. The van der Waals surface area contributed by atoms with Crippen LogP contribution >= 0.6 is 0 Å². The second-order valence-electron chi connectivity index (χ2n) is 28.4. The van der Waals surface area contributed by atoms with Gasteiger partial charge in [-0.25, -0.2) is 18.0 Å². The number of hydrogen-bond donors (Lipinski definition) is 8. The number of hydrogen-bond acceptors (Lipinski definition) is 17. The minimum absolute atomic E-state index is 0.0151. The number of anilines is 1. The monoisotopic (exact) mass is 1450 g/mol. The van der Waals surface area contributed by atoms with E-state index in [0.717, 1.165) is 4.90 Å². The summed E-state index contributed by atoms with van der Waals surface area (Å²) in [5.74, 6) is -9.45. The molecule has 2 heterocycles. The Kier molecular flexibility index (Phi) is 33.1. The Balaban J connectivity index is 1.19. The summed E-state index contributed by atoms with van der Waals surface area (Å²) in [5.41, 5.74) is 6.81. The van der Waals surface area contributed by atoms with Crippen LogP contribution in [0.15, 0.2) is 54.6 Å². The van der Waals surface area contributed by atoms with Crippen molar-refractivity contribution in [3.63, 3.8) is 0 Å². The maximum Gasteiger partial charge on any atom is 0.410 e. The van der Waals surface area contributed by atoms with Gasteiger partial charge < -0.3 is 66.3 Å². The molecule has 0 spiro atoms. The molecule has 1 saturated carbocycles. The lowest BCUT2D eigenvalue weighted by atomic mass is 9.89. The molecule has 0 radical (unpaired) electrons. The molecule has 0 aromatic heterocycles. The molecule has 11 amide bonds. The van der Waals surface area contributed by atoms with Crippen LogP contribution in [0.25, 0.3) is 0 Å². The van der Waals surface area contributed by atoms with E-state index in [1.807, 2.05) is 13.8 Å². The summed E-state index contributed by atoms with van der Waals surface area (Å²) in [7, 11) is 1.98. The predicted molar refractivity (Wildman–Crippen MR) is 380 cm³/mol. The zero-order chi connectivity index (χ0) is 75.9. The highest BCUT2D eigenvalue weighted by Gasteiger charge is 2.45. The van der Waals surface area contributed by atoms with E-state index >= 15 is 0 Å². The van der Waals surface area contributed by atoms with Crippen LogP contribution in [0.2, 0.25) is 0 Å². The number of carbonyl (C=O) groups is 12. The number of likely N-dealkylation sites (tertiary alicyclic amines) is 2. The van der Waals surface area contributed by atoms with Crippen LogP contribution in [0.5, 0.6) is 0 Å². The van der Waals surface area contributed by atoms with Crippen molar-refractivity contribution >= 4 is 86.8 Å². The standard InChI is InChI=1S/C72H111N11O18S/c1-14-45(8)63(56(99-12)40-59(87)83-35-19-23-54(83)64(100-13)46(9)65(88)76-53(38-47-20-16-15-17-21-47)67(90)79-102(97,98)52-28-29-52)80(10)69(92)61(43(4)5)78-68(91)62(44(6)7)81(11)72(96)101-41-48-24-26-51(27-25-48)75-66(89)50(22-18-34-74-71(73)95)39-55(84)60(42(2)3)77-57(85)30-31-58(86)82-36-32-49(33-37-82)70(93)94/h15-17,20-21,24-27,42-46,49-50,52-54,56,60-64H,14,18-19,22-23,28-41H2,1-13H3,(H,75,89)(H,76,88)(H,77,85)(H,78,91)(H,79,90)(H,93,94)(H3,73,74,95)/t45-,46+,50+,53-,54-,56+,60-,61-,62-,63-,64+/m0/s1. The lowest BCUT2D eigenvalue weighted by Gasteiger charge is -2.41. The number of ether oxygens (including phenoxy) is 3. The van der Waals surface area contributed by atoms with E-state index < -0.39 is 159 Å². The SMILES string of the molecule is CC[C@H](C)[C@@H]([C@@H](CC(=O)N1CCC[C@H]1[C@H](OC)[C@@H](C)C(=O)N[C@@H](Cc1ccccc1)C(=O)NS(=O)(=O)C1CC1)OC)N(C)C(=O)[C@@H](NC(=O)[C@H](C(C)C)N(C)C(=O)OCc1ccc(NC(=O)[C@H](CCCNC(N)=O)CC(=O)[C@@H](NC(=O)CCC(=O)N2CCC(C(=O)O)CC2)C(C)C)cc1)C(C)C. The molecule has 2 aromatic carbocycles. The van der Waals surface area contributed by atoms with Crippen LogP contribution in [0.1, 0.15) is 157 Å². The van der Waals surface area contributed by atoms with E-state index in [2.05, 4.69) is 31.3 Å². The Labute approximate surface area is 600 Å². The number of rotatable bonds is 40. The van der Waals surface area contributed by atoms with Crippen LogP contribution in [0, 0.1) is 41.4 Å². The molecule has 102 heavy (non-hydrogen) atoms. The van der Waals surface area contributed by atoms with E-state index in [-0.39, 0.29) is 88.9 Å². The average Bonchev–Trinajstić information content (AvgIpc) is 1.50.